The van der Waals surface area contributed by atoms with Gasteiger partial charge in [0.2, 0.25) is 0 Å². The molecule has 0 aliphatic heterocycles. The van der Waals surface area contributed by atoms with E-state index in [4.69, 9.17) is 9.97 Å². The molecule has 3 nitrogen and oxygen atoms in total. The number of imidazole rings is 1. The number of hydrogen-bond acceptors (Lipinski definition) is 2. The van der Waals surface area contributed by atoms with Crippen molar-refractivity contribution in [2.45, 2.75) is 0 Å². The second kappa shape index (κ2) is 10.4. The molecule has 198 valence electrons. The molecule has 0 N–H and O–H groups in total. The molecule has 0 aliphatic carbocycles. The number of rotatable bonds is 5. The van der Waals surface area contributed by atoms with Gasteiger partial charge >= 0.3 is 0 Å². The zero-order chi connectivity index (χ0) is 27.9. The van der Waals surface area contributed by atoms with Gasteiger partial charge in [0.15, 0.2) is 5.65 Å². The average molecular weight is 556 g/mol. The predicted octanol–water partition coefficient (Wildman–Crippen LogP) is 8.13. The maximum atomic E-state index is 5.23. The van der Waals surface area contributed by atoms with E-state index in [0.717, 1.165) is 38.8 Å². The molecule has 0 unspecified atom stereocenters. The largest absolute Gasteiger partial charge is 0.284 e. The lowest BCUT2D eigenvalue weighted by atomic mass is 9.98. The Bertz CT molecular complexity index is 2160. The molecule has 42 heavy (non-hydrogen) atoms. The first-order valence-corrected chi connectivity index (χ1v) is 15.4. The maximum Gasteiger partial charge on any atom is 0.165 e. The highest BCUT2D eigenvalue weighted by Gasteiger charge is 2.18. The minimum Gasteiger partial charge on any atom is -0.284 e. The smallest absolute Gasteiger partial charge is 0.165 e. The van der Waals surface area contributed by atoms with Gasteiger partial charge in [0, 0.05) is 22.5 Å². The molecule has 8 aromatic rings. The van der Waals surface area contributed by atoms with Crippen molar-refractivity contribution in [2.24, 2.45) is 0 Å². The summed E-state index contributed by atoms with van der Waals surface area (Å²) in [5.74, 6) is 0. The Morgan fingerprint density at radius 2 is 1.05 bits per heavy atom. The van der Waals surface area contributed by atoms with E-state index in [1.54, 1.807) is 0 Å². The summed E-state index contributed by atoms with van der Waals surface area (Å²) in [4.78, 5) is 10.1. The minimum absolute atomic E-state index is 0.681. The van der Waals surface area contributed by atoms with Crippen LogP contribution in [-0.4, -0.2) is 14.4 Å². The molecular formula is C38H26N3P. The number of nitrogens with zero attached hydrogens (tertiary/aromatic N) is 3. The Kier molecular flexibility index (Phi) is 6.09. The molecule has 0 saturated carbocycles. The number of hydrogen-bond donors (Lipinski definition) is 0. The Labute approximate surface area is 245 Å². The molecule has 0 bridgehead atoms. The predicted molar refractivity (Wildman–Crippen MR) is 178 cm³/mol. The van der Waals surface area contributed by atoms with E-state index in [0.29, 0.717) is 0 Å². The zero-order valence-electron chi connectivity index (χ0n) is 22.8. The van der Waals surface area contributed by atoms with E-state index in [1.165, 1.54) is 27.0 Å². The average Bonchev–Trinajstić information content (AvgIpc) is 3.45. The third-order valence-electron chi connectivity index (χ3n) is 7.76. The molecule has 0 radical (unpaired) electrons. The van der Waals surface area contributed by atoms with Gasteiger partial charge < -0.3 is 0 Å². The molecule has 3 aromatic heterocycles. The lowest BCUT2D eigenvalue weighted by Gasteiger charge is -2.20. The highest BCUT2D eigenvalue weighted by molar-refractivity contribution is 7.79. The maximum absolute atomic E-state index is 5.23. The van der Waals surface area contributed by atoms with Crippen molar-refractivity contribution in [3.05, 3.63) is 158 Å². The first-order valence-electron chi connectivity index (χ1n) is 14.1. The summed E-state index contributed by atoms with van der Waals surface area (Å²) in [6.07, 6.45) is 2.04. The van der Waals surface area contributed by atoms with Crippen LogP contribution < -0.4 is 15.9 Å². The van der Waals surface area contributed by atoms with Crippen LogP contribution in [0.25, 0.3) is 50.0 Å². The normalized spacial score (nSPS) is 11.5. The van der Waals surface area contributed by atoms with Crippen LogP contribution in [0, 0.1) is 0 Å². The highest BCUT2D eigenvalue weighted by atomic mass is 31.1. The van der Waals surface area contributed by atoms with Gasteiger partial charge in [0.25, 0.3) is 0 Å². The van der Waals surface area contributed by atoms with E-state index in [-0.39, 0.29) is 0 Å². The molecule has 0 saturated heterocycles. The van der Waals surface area contributed by atoms with Crippen LogP contribution >= 0.6 is 7.92 Å². The first kappa shape index (κ1) is 24.7. The van der Waals surface area contributed by atoms with Gasteiger partial charge in [0.05, 0.1) is 5.69 Å². The highest BCUT2D eigenvalue weighted by Crippen LogP contribution is 2.36. The molecule has 0 spiro atoms. The van der Waals surface area contributed by atoms with Crippen molar-refractivity contribution in [3.63, 3.8) is 0 Å². The summed E-state index contributed by atoms with van der Waals surface area (Å²) in [6.45, 7) is 0. The van der Waals surface area contributed by atoms with Crippen molar-refractivity contribution in [2.75, 3.05) is 0 Å². The SMILES string of the molecule is c1ccc(P(c2ccccc2)c2cccc(-c3cccc(-c4nc5c(nc6ccccn65)c5ccccc45)c3)c2)cc1. The lowest BCUT2D eigenvalue weighted by Crippen LogP contribution is -2.20. The Morgan fingerprint density at radius 3 is 1.81 bits per heavy atom. The second-order valence-electron chi connectivity index (χ2n) is 10.4. The van der Waals surface area contributed by atoms with Gasteiger partial charge in [-0.15, -0.1) is 0 Å². The Morgan fingerprint density at radius 1 is 0.452 bits per heavy atom. The van der Waals surface area contributed by atoms with Crippen molar-refractivity contribution in [1.82, 2.24) is 14.4 Å². The molecule has 0 amide bonds. The van der Waals surface area contributed by atoms with E-state index >= 15 is 0 Å². The van der Waals surface area contributed by atoms with Gasteiger partial charge in [-0.1, -0.05) is 127 Å². The van der Waals surface area contributed by atoms with Gasteiger partial charge in [-0.2, -0.15) is 0 Å². The lowest BCUT2D eigenvalue weighted by molar-refractivity contribution is 1.19. The number of benzene rings is 5. The third kappa shape index (κ3) is 4.27. The summed E-state index contributed by atoms with van der Waals surface area (Å²) in [5, 5.41) is 6.25. The monoisotopic (exact) mass is 555 g/mol. The van der Waals surface area contributed by atoms with E-state index < -0.39 is 7.92 Å². The standard InChI is InChI=1S/C38H26N3P/c1-3-16-30(17-4-1)42(31-18-5-2-6-19-31)32-20-12-14-28(26-32)27-13-11-15-29(25-27)36-33-21-7-8-22-34(33)37-38(40-36)41-24-10-9-23-35(41)39-37/h1-26H. The summed E-state index contributed by atoms with van der Waals surface area (Å²) < 4.78 is 2.08. The van der Waals surface area contributed by atoms with Gasteiger partial charge in [0.1, 0.15) is 11.2 Å². The summed E-state index contributed by atoms with van der Waals surface area (Å²) in [5.41, 5.74) is 7.15. The van der Waals surface area contributed by atoms with Crippen molar-refractivity contribution >= 4 is 51.4 Å². The molecule has 3 heterocycles. The van der Waals surface area contributed by atoms with Crippen molar-refractivity contribution < 1.29 is 0 Å². The molecule has 0 atom stereocenters. The molecule has 0 fully saturated rings. The van der Waals surface area contributed by atoms with Crippen molar-refractivity contribution in [1.29, 1.82) is 0 Å². The van der Waals surface area contributed by atoms with Gasteiger partial charge in [-0.3, -0.25) is 4.40 Å². The summed E-state index contributed by atoms with van der Waals surface area (Å²) in [6, 6.07) is 54.1. The first-order chi connectivity index (χ1) is 20.8. The summed E-state index contributed by atoms with van der Waals surface area (Å²) >= 11 is 0. The molecular weight excluding hydrogens is 529 g/mol. The Balaban J connectivity index is 1.27. The molecule has 0 aliphatic rings. The van der Waals surface area contributed by atoms with Crippen LogP contribution in [0.15, 0.2) is 158 Å². The number of pyridine rings is 2. The van der Waals surface area contributed by atoms with Crippen LogP contribution in [0.3, 0.4) is 0 Å². The fourth-order valence-electron chi connectivity index (χ4n) is 5.82. The fraction of sp³-hybridized carbons (Fsp3) is 0. The summed E-state index contributed by atoms with van der Waals surface area (Å²) in [7, 11) is -0.681. The molecule has 8 rings (SSSR count). The van der Waals surface area contributed by atoms with Crippen LogP contribution in [0.1, 0.15) is 0 Å². The quantitative estimate of drug-likeness (QED) is 0.201. The van der Waals surface area contributed by atoms with Crippen LogP contribution in [-0.2, 0) is 0 Å². The van der Waals surface area contributed by atoms with E-state index in [1.807, 2.05) is 24.4 Å². The van der Waals surface area contributed by atoms with Crippen LogP contribution in [0.5, 0.6) is 0 Å². The molecule has 4 heteroatoms. The van der Waals surface area contributed by atoms with Gasteiger partial charge in [-0.05, 0) is 59.2 Å². The van der Waals surface area contributed by atoms with Crippen LogP contribution in [0.2, 0.25) is 0 Å². The minimum atomic E-state index is -0.681. The Hall–Kier alpha value is -5.11. The second-order valence-corrected chi connectivity index (χ2v) is 12.6. The van der Waals surface area contributed by atoms with Crippen molar-refractivity contribution in [3.8, 4) is 22.4 Å². The number of fused-ring (bicyclic) bond motifs is 5. The van der Waals surface area contributed by atoms with Crippen LogP contribution in [0.4, 0.5) is 0 Å². The third-order valence-corrected chi connectivity index (χ3v) is 10.2. The number of aromatic nitrogens is 3. The van der Waals surface area contributed by atoms with Gasteiger partial charge in [-0.25, -0.2) is 9.97 Å². The fourth-order valence-corrected chi connectivity index (χ4v) is 8.16. The zero-order valence-corrected chi connectivity index (χ0v) is 23.7. The topological polar surface area (TPSA) is 30.2 Å². The van der Waals surface area contributed by atoms with E-state index in [2.05, 4.69) is 138 Å². The van der Waals surface area contributed by atoms with E-state index in [9.17, 15) is 0 Å². The molecule has 5 aromatic carbocycles.